The van der Waals surface area contributed by atoms with Gasteiger partial charge in [0, 0.05) is 12.2 Å². The molecule has 0 fully saturated rings. The summed E-state index contributed by atoms with van der Waals surface area (Å²) in [5.74, 6) is -0.886. The van der Waals surface area contributed by atoms with Crippen molar-refractivity contribution in [2.75, 3.05) is 11.4 Å². The lowest BCUT2D eigenvalue weighted by Crippen LogP contribution is -2.27. The van der Waals surface area contributed by atoms with Crippen LogP contribution in [0.4, 0.5) is 5.69 Å². The molecule has 0 saturated carbocycles. The lowest BCUT2D eigenvalue weighted by Gasteiger charge is -2.16. The van der Waals surface area contributed by atoms with Gasteiger partial charge < -0.3 is 10.0 Å². The van der Waals surface area contributed by atoms with Crippen molar-refractivity contribution < 1.29 is 14.7 Å². The monoisotopic (exact) mass is 233 g/mol. The average molecular weight is 233 g/mol. The van der Waals surface area contributed by atoms with E-state index in [0.717, 1.165) is 30.6 Å². The lowest BCUT2D eigenvalue weighted by atomic mass is 10.1. The Labute approximate surface area is 99.9 Å². The molecule has 1 aromatic rings. The van der Waals surface area contributed by atoms with E-state index in [4.69, 9.17) is 5.11 Å². The third-order valence-electron chi connectivity index (χ3n) is 3.00. The predicted octanol–water partition coefficient (Wildman–Crippen LogP) is 2.07. The van der Waals surface area contributed by atoms with Crippen LogP contribution in [-0.4, -0.2) is 23.5 Å². The van der Waals surface area contributed by atoms with E-state index in [-0.39, 0.29) is 11.5 Å². The number of benzene rings is 1. The maximum Gasteiger partial charge on any atom is 0.335 e. The van der Waals surface area contributed by atoms with Gasteiger partial charge in [-0.2, -0.15) is 0 Å². The van der Waals surface area contributed by atoms with Crippen LogP contribution in [0.1, 0.15) is 35.7 Å². The van der Waals surface area contributed by atoms with Crippen LogP contribution in [0.5, 0.6) is 0 Å². The van der Waals surface area contributed by atoms with E-state index < -0.39 is 5.97 Å². The molecule has 4 heteroatoms. The predicted molar refractivity (Wildman–Crippen MR) is 64.4 cm³/mol. The number of hydrogen-bond acceptors (Lipinski definition) is 2. The molecule has 0 aromatic heterocycles. The first-order valence-corrected chi connectivity index (χ1v) is 5.80. The topological polar surface area (TPSA) is 57.6 Å². The third-order valence-corrected chi connectivity index (χ3v) is 3.00. The molecule has 1 aliphatic heterocycles. The minimum atomic E-state index is -0.952. The molecule has 1 heterocycles. The summed E-state index contributed by atoms with van der Waals surface area (Å²) in [7, 11) is 0. The number of amides is 1. The summed E-state index contributed by atoms with van der Waals surface area (Å²) in [6.45, 7) is 2.80. The summed E-state index contributed by atoms with van der Waals surface area (Å²) in [6.07, 6.45) is 2.32. The first-order chi connectivity index (χ1) is 8.13. The molecule has 90 valence electrons. The SMILES string of the molecule is CCCCN1C(=O)Cc2cc(C(=O)O)ccc21. The van der Waals surface area contributed by atoms with E-state index in [1.165, 1.54) is 0 Å². The third kappa shape index (κ3) is 2.16. The number of carboxylic acid groups (broad SMARTS) is 1. The number of carboxylic acids is 1. The first kappa shape index (κ1) is 11.6. The summed E-state index contributed by atoms with van der Waals surface area (Å²) in [5.41, 5.74) is 1.94. The summed E-state index contributed by atoms with van der Waals surface area (Å²) in [5, 5.41) is 8.89. The van der Waals surface area contributed by atoms with Crippen LogP contribution in [0.2, 0.25) is 0 Å². The summed E-state index contributed by atoms with van der Waals surface area (Å²) >= 11 is 0. The number of carbonyl (C=O) groups excluding carboxylic acids is 1. The molecular weight excluding hydrogens is 218 g/mol. The van der Waals surface area contributed by atoms with E-state index in [2.05, 4.69) is 6.92 Å². The number of fused-ring (bicyclic) bond motifs is 1. The van der Waals surface area contributed by atoms with Crippen molar-refractivity contribution in [1.29, 1.82) is 0 Å². The molecule has 2 rings (SSSR count). The minimum Gasteiger partial charge on any atom is -0.478 e. The Balaban J connectivity index is 2.28. The molecule has 0 radical (unpaired) electrons. The molecular formula is C13H15NO3. The zero-order valence-corrected chi connectivity index (χ0v) is 9.77. The van der Waals surface area contributed by atoms with Crippen molar-refractivity contribution >= 4 is 17.6 Å². The number of unbranched alkanes of at least 4 members (excludes halogenated alkanes) is 1. The molecule has 0 unspecified atom stereocenters. The molecule has 17 heavy (non-hydrogen) atoms. The highest BCUT2D eigenvalue weighted by atomic mass is 16.4. The smallest absolute Gasteiger partial charge is 0.335 e. The second-order valence-electron chi connectivity index (χ2n) is 4.22. The van der Waals surface area contributed by atoms with Gasteiger partial charge in [0.1, 0.15) is 0 Å². The van der Waals surface area contributed by atoms with Crippen LogP contribution < -0.4 is 4.90 Å². The van der Waals surface area contributed by atoms with Crippen molar-refractivity contribution in [2.45, 2.75) is 26.2 Å². The largest absolute Gasteiger partial charge is 0.478 e. The van der Waals surface area contributed by atoms with Crippen molar-refractivity contribution in [1.82, 2.24) is 0 Å². The van der Waals surface area contributed by atoms with E-state index in [1.807, 2.05) is 0 Å². The second-order valence-corrected chi connectivity index (χ2v) is 4.22. The quantitative estimate of drug-likeness (QED) is 0.866. The minimum absolute atomic E-state index is 0.0657. The van der Waals surface area contributed by atoms with Crippen LogP contribution >= 0.6 is 0 Å². The Morgan fingerprint density at radius 2 is 2.24 bits per heavy atom. The van der Waals surface area contributed by atoms with Crippen LogP contribution in [0, 0.1) is 0 Å². The van der Waals surface area contributed by atoms with Gasteiger partial charge >= 0.3 is 5.97 Å². The van der Waals surface area contributed by atoms with Gasteiger partial charge in [0.25, 0.3) is 0 Å². The number of anilines is 1. The number of hydrogen-bond donors (Lipinski definition) is 1. The van der Waals surface area contributed by atoms with Gasteiger partial charge in [0.15, 0.2) is 0 Å². The normalized spacial score (nSPS) is 13.9. The zero-order valence-electron chi connectivity index (χ0n) is 9.77. The molecule has 0 aliphatic carbocycles. The van der Waals surface area contributed by atoms with Gasteiger partial charge in [-0.05, 0) is 30.2 Å². The van der Waals surface area contributed by atoms with Crippen molar-refractivity contribution in [3.8, 4) is 0 Å². The van der Waals surface area contributed by atoms with E-state index in [9.17, 15) is 9.59 Å². The highest BCUT2D eigenvalue weighted by Gasteiger charge is 2.27. The molecule has 1 amide bonds. The molecule has 0 spiro atoms. The van der Waals surface area contributed by atoms with Gasteiger partial charge in [-0.1, -0.05) is 13.3 Å². The molecule has 4 nitrogen and oxygen atoms in total. The van der Waals surface area contributed by atoms with E-state index in [1.54, 1.807) is 23.1 Å². The lowest BCUT2D eigenvalue weighted by molar-refractivity contribution is -0.117. The maximum absolute atomic E-state index is 11.8. The Bertz CT molecular complexity index is 468. The molecule has 0 atom stereocenters. The molecule has 0 bridgehead atoms. The van der Waals surface area contributed by atoms with E-state index >= 15 is 0 Å². The Morgan fingerprint density at radius 3 is 2.88 bits per heavy atom. The van der Waals surface area contributed by atoms with Gasteiger partial charge in [0.2, 0.25) is 5.91 Å². The fourth-order valence-corrected chi connectivity index (χ4v) is 2.08. The van der Waals surface area contributed by atoms with Gasteiger partial charge in [-0.25, -0.2) is 4.79 Å². The van der Waals surface area contributed by atoms with Crippen LogP contribution in [0.25, 0.3) is 0 Å². The fraction of sp³-hybridized carbons (Fsp3) is 0.385. The molecule has 1 aliphatic rings. The number of carbonyl (C=O) groups is 2. The van der Waals surface area contributed by atoms with Crippen molar-refractivity contribution in [3.63, 3.8) is 0 Å². The number of aromatic carboxylic acids is 1. The standard InChI is InChI=1S/C13H15NO3/c1-2-3-6-14-11-5-4-9(13(16)17)7-10(11)8-12(14)15/h4-5,7H,2-3,6,8H2,1H3,(H,16,17). The first-order valence-electron chi connectivity index (χ1n) is 5.80. The fourth-order valence-electron chi connectivity index (χ4n) is 2.08. The molecule has 1 N–H and O–H groups in total. The number of rotatable bonds is 4. The highest BCUT2D eigenvalue weighted by Crippen LogP contribution is 2.29. The zero-order chi connectivity index (χ0) is 12.4. The molecule has 1 aromatic carbocycles. The van der Waals surface area contributed by atoms with Crippen LogP contribution in [0.15, 0.2) is 18.2 Å². The Hall–Kier alpha value is -1.84. The summed E-state index contributed by atoms with van der Waals surface area (Å²) in [6, 6.07) is 4.89. The van der Waals surface area contributed by atoms with Gasteiger partial charge in [-0.15, -0.1) is 0 Å². The van der Waals surface area contributed by atoms with Crippen LogP contribution in [0.3, 0.4) is 0 Å². The maximum atomic E-state index is 11.8. The summed E-state index contributed by atoms with van der Waals surface area (Å²) < 4.78 is 0. The Kier molecular flexibility index (Phi) is 3.13. The van der Waals surface area contributed by atoms with Gasteiger partial charge in [0.05, 0.1) is 12.0 Å². The van der Waals surface area contributed by atoms with Crippen molar-refractivity contribution in [3.05, 3.63) is 29.3 Å². The van der Waals surface area contributed by atoms with E-state index in [0.29, 0.717) is 6.42 Å². The summed E-state index contributed by atoms with van der Waals surface area (Å²) in [4.78, 5) is 24.4. The van der Waals surface area contributed by atoms with Crippen LogP contribution in [-0.2, 0) is 11.2 Å². The second kappa shape index (κ2) is 4.57. The average Bonchev–Trinajstić information content (AvgIpc) is 2.61. The number of nitrogens with zero attached hydrogens (tertiary/aromatic N) is 1. The Morgan fingerprint density at radius 1 is 1.47 bits per heavy atom. The highest BCUT2D eigenvalue weighted by molar-refractivity contribution is 6.02. The van der Waals surface area contributed by atoms with Gasteiger partial charge in [-0.3, -0.25) is 4.79 Å². The molecule has 0 saturated heterocycles. The van der Waals surface area contributed by atoms with Crippen molar-refractivity contribution in [2.24, 2.45) is 0 Å².